The lowest BCUT2D eigenvalue weighted by atomic mass is 9.94. The van der Waals surface area contributed by atoms with Crippen LogP contribution in [-0.4, -0.2) is 29.9 Å². The molecule has 0 spiro atoms. The maximum absolute atomic E-state index is 13.7. The van der Waals surface area contributed by atoms with Crippen molar-refractivity contribution in [1.82, 2.24) is 10.2 Å². The van der Waals surface area contributed by atoms with Gasteiger partial charge in [-0.1, -0.05) is 43.5 Å². The second-order valence-electron chi connectivity index (χ2n) is 8.56. The van der Waals surface area contributed by atoms with Gasteiger partial charge in [0.05, 0.1) is 13.4 Å². The van der Waals surface area contributed by atoms with Gasteiger partial charge in [0.15, 0.2) is 5.76 Å². The van der Waals surface area contributed by atoms with Gasteiger partial charge in [-0.2, -0.15) is 0 Å². The fourth-order valence-electron chi connectivity index (χ4n) is 4.39. The zero-order chi connectivity index (χ0) is 23.9. The predicted molar refractivity (Wildman–Crippen MR) is 126 cm³/mol. The van der Waals surface area contributed by atoms with E-state index in [-0.39, 0.29) is 24.3 Å². The molecular weight excluding hydrogens is 435 g/mol. The van der Waals surface area contributed by atoms with Crippen LogP contribution in [0.1, 0.15) is 59.8 Å². The smallest absolute Gasteiger partial charge is 0.290 e. The molecule has 1 saturated carbocycles. The quantitative estimate of drug-likeness (QED) is 0.494. The Hall–Kier alpha value is -3.61. The Labute approximate surface area is 198 Å². The number of halogens is 1. The maximum atomic E-state index is 13.7. The molecule has 4 rings (SSSR count). The number of carbonyl (C=O) groups excluding carboxylic acids is 2. The van der Waals surface area contributed by atoms with E-state index in [2.05, 4.69) is 5.32 Å². The minimum absolute atomic E-state index is 0.0609. The van der Waals surface area contributed by atoms with Gasteiger partial charge in [-0.3, -0.25) is 9.59 Å². The molecule has 2 aromatic carbocycles. The molecular formula is C27H29FN2O4. The van der Waals surface area contributed by atoms with E-state index in [1.165, 1.54) is 23.3 Å². The van der Waals surface area contributed by atoms with Crippen molar-refractivity contribution in [2.75, 3.05) is 7.11 Å². The average Bonchev–Trinajstić information content (AvgIpc) is 3.40. The number of furan rings is 1. The fourth-order valence-corrected chi connectivity index (χ4v) is 4.39. The van der Waals surface area contributed by atoms with E-state index in [0.717, 1.165) is 37.7 Å². The highest BCUT2D eigenvalue weighted by atomic mass is 19.1. The number of ether oxygens (including phenoxy) is 1. The van der Waals surface area contributed by atoms with E-state index < -0.39 is 17.8 Å². The molecule has 0 radical (unpaired) electrons. The second kappa shape index (κ2) is 11.0. The van der Waals surface area contributed by atoms with Crippen LogP contribution in [0, 0.1) is 5.82 Å². The number of nitrogens with one attached hydrogen (secondary N) is 1. The van der Waals surface area contributed by atoms with Crippen LogP contribution in [0.25, 0.3) is 0 Å². The van der Waals surface area contributed by atoms with Crippen molar-refractivity contribution in [3.8, 4) is 5.75 Å². The summed E-state index contributed by atoms with van der Waals surface area (Å²) >= 11 is 0. The first-order valence-corrected chi connectivity index (χ1v) is 11.6. The molecule has 1 fully saturated rings. The summed E-state index contributed by atoms with van der Waals surface area (Å²) in [7, 11) is 1.59. The number of nitrogens with zero attached hydrogens (tertiary/aromatic N) is 1. The molecule has 1 atom stereocenters. The van der Waals surface area contributed by atoms with Crippen molar-refractivity contribution in [1.29, 1.82) is 0 Å². The molecule has 6 nitrogen and oxygen atoms in total. The molecule has 1 aliphatic rings. The van der Waals surface area contributed by atoms with Gasteiger partial charge in [0, 0.05) is 12.6 Å². The van der Waals surface area contributed by atoms with E-state index >= 15 is 0 Å². The fraction of sp³-hybridized carbons (Fsp3) is 0.333. The molecule has 7 heteroatoms. The normalized spacial score (nSPS) is 14.9. The molecule has 1 heterocycles. The van der Waals surface area contributed by atoms with E-state index in [4.69, 9.17) is 9.15 Å². The monoisotopic (exact) mass is 464 g/mol. The molecule has 34 heavy (non-hydrogen) atoms. The van der Waals surface area contributed by atoms with Crippen molar-refractivity contribution in [3.05, 3.63) is 89.6 Å². The average molecular weight is 465 g/mol. The van der Waals surface area contributed by atoms with Crippen LogP contribution in [0.15, 0.2) is 71.3 Å². The van der Waals surface area contributed by atoms with Gasteiger partial charge in [-0.25, -0.2) is 4.39 Å². The summed E-state index contributed by atoms with van der Waals surface area (Å²) in [5, 5.41) is 3.14. The van der Waals surface area contributed by atoms with Crippen LogP contribution in [0.5, 0.6) is 5.75 Å². The minimum Gasteiger partial charge on any atom is -0.497 e. The highest BCUT2D eigenvalue weighted by Crippen LogP contribution is 2.28. The highest BCUT2D eigenvalue weighted by Gasteiger charge is 2.34. The number of amides is 2. The number of methoxy groups -OCH3 is 1. The lowest BCUT2D eigenvalue weighted by Crippen LogP contribution is -2.46. The number of rotatable bonds is 8. The van der Waals surface area contributed by atoms with Gasteiger partial charge in [0.25, 0.3) is 5.91 Å². The van der Waals surface area contributed by atoms with E-state index in [0.29, 0.717) is 11.3 Å². The summed E-state index contributed by atoms with van der Waals surface area (Å²) in [5.41, 5.74) is 1.35. The second-order valence-corrected chi connectivity index (χ2v) is 8.56. The van der Waals surface area contributed by atoms with Crippen molar-refractivity contribution >= 4 is 11.8 Å². The van der Waals surface area contributed by atoms with Crippen LogP contribution in [0.3, 0.4) is 0 Å². The van der Waals surface area contributed by atoms with E-state index in [1.54, 1.807) is 43.5 Å². The molecule has 1 aromatic heterocycles. The molecule has 1 aliphatic carbocycles. The first-order valence-electron chi connectivity index (χ1n) is 11.6. The Balaban J connectivity index is 1.71. The molecule has 0 saturated heterocycles. The summed E-state index contributed by atoms with van der Waals surface area (Å²) in [6.07, 6.45) is 6.53. The standard InChI is InChI=1S/C27H29FN2O4/c1-33-23-15-9-19(10-16-23)18-30(27(32)24-8-5-17-34-24)25(20-11-13-21(28)14-12-20)26(31)29-22-6-3-2-4-7-22/h5,8-17,22,25H,2-4,6-7,18H2,1H3,(H,29,31). The Kier molecular flexibility index (Phi) is 7.62. The maximum Gasteiger partial charge on any atom is 0.290 e. The minimum atomic E-state index is -0.956. The van der Waals surface area contributed by atoms with Crippen molar-refractivity contribution < 1.29 is 23.1 Å². The largest absolute Gasteiger partial charge is 0.497 e. The van der Waals surface area contributed by atoms with Crippen molar-refractivity contribution in [2.24, 2.45) is 0 Å². The lowest BCUT2D eigenvalue weighted by molar-refractivity contribution is -0.127. The van der Waals surface area contributed by atoms with Gasteiger partial charge >= 0.3 is 0 Å². The van der Waals surface area contributed by atoms with Crippen LogP contribution in [0.4, 0.5) is 4.39 Å². The molecule has 0 bridgehead atoms. The zero-order valence-electron chi connectivity index (χ0n) is 19.2. The molecule has 0 aliphatic heterocycles. The molecule has 2 amide bonds. The Morgan fingerprint density at radius 2 is 1.76 bits per heavy atom. The first-order chi connectivity index (χ1) is 16.5. The summed E-state index contributed by atoms with van der Waals surface area (Å²) in [6.45, 7) is 0.156. The summed E-state index contributed by atoms with van der Waals surface area (Å²) in [4.78, 5) is 28.7. The SMILES string of the molecule is COc1ccc(CN(C(=O)c2ccco2)C(C(=O)NC2CCCCC2)c2ccc(F)cc2)cc1. The van der Waals surface area contributed by atoms with Crippen LogP contribution >= 0.6 is 0 Å². The topological polar surface area (TPSA) is 71.8 Å². The number of benzene rings is 2. The number of carbonyl (C=O) groups is 2. The first kappa shape index (κ1) is 23.5. The van der Waals surface area contributed by atoms with E-state index in [9.17, 15) is 14.0 Å². The molecule has 1 N–H and O–H groups in total. The third-order valence-electron chi connectivity index (χ3n) is 6.20. The molecule has 178 valence electrons. The van der Waals surface area contributed by atoms with E-state index in [1.807, 2.05) is 12.1 Å². The Morgan fingerprint density at radius 1 is 1.06 bits per heavy atom. The van der Waals surface area contributed by atoms with Crippen molar-refractivity contribution in [2.45, 2.75) is 50.7 Å². The third kappa shape index (κ3) is 5.65. The zero-order valence-corrected chi connectivity index (χ0v) is 19.2. The van der Waals surface area contributed by atoms with Crippen LogP contribution in [0.2, 0.25) is 0 Å². The molecule has 3 aromatic rings. The summed E-state index contributed by atoms with van der Waals surface area (Å²) < 4.78 is 24.3. The highest BCUT2D eigenvalue weighted by molar-refractivity contribution is 5.96. The predicted octanol–water partition coefficient (Wildman–Crippen LogP) is 5.26. The van der Waals surface area contributed by atoms with Crippen LogP contribution < -0.4 is 10.1 Å². The van der Waals surface area contributed by atoms with Gasteiger partial charge in [-0.05, 0) is 60.4 Å². The van der Waals surface area contributed by atoms with Gasteiger partial charge in [-0.15, -0.1) is 0 Å². The summed E-state index contributed by atoms with van der Waals surface area (Å²) in [6, 6.07) is 15.3. The number of hydrogen-bond acceptors (Lipinski definition) is 4. The molecule has 1 unspecified atom stereocenters. The summed E-state index contributed by atoms with van der Waals surface area (Å²) in [5.74, 6) is -0.293. The van der Waals surface area contributed by atoms with Gasteiger partial charge < -0.3 is 19.4 Å². The third-order valence-corrected chi connectivity index (χ3v) is 6.20. The van der Waals surface area contributed by atoms with Crippen molar-refractivity contribution in [3.63, 3.8) is 0 Å². The van der Waals surface area contributed by atoms with Gasteiger partial charge in [0.2, 0.25) is 5.91 Å². The van der Waals surface area contributed by atoms with Gasteiger partial charge in [0.1, 0.15) is 17.6 Å². The Morgan fingerprint density at radius 3 is 2.38 bits per heavy atom. The lowest BCUT2D eigenvalue weighted by Gasteiger charge is -2.33. The Bertz CT molecular complexity index is 1070. The number of hydrogen-bond donors (Lipinski definition) is 1. The van der Waals surface area contributed by atoms with Crippen LogP contribution in [-0.2, 0) is 11.3 Å².